The third kappa shape index (κ3) is 5.28. The van der Waals surface area contributed by atoms with Crippen molar-refractivity contribution in [1.82, 2.24) is 9.97 Å². The van der Waals surface area contributed by atoms with Crippen LogP contribution in [0.25, 0.3) is 43.9 Å². The minimum absolute atomic E-state index is 0. The largest absolute Gasteiger partial charge is 0.409 e. The number of nitrogens with zero attached hydrogens (tertiary/aromatic N) is 2. The zero-order valence-corrected chi connectivity index (χ0v) is 25.0. The average Bonchev–Trinajstić information content (AvgIpc) is 3.62. The van der Waals surface area contributed by atoms with Crippen LogP contribution in [0.5, 0.6) is 0 Å². The molecule has 0 bridgehead atoms. The number of rotatable bonds is 2. The molecule has 219 valence electrons. The van der Waals surface area contributed by atoms with Crippen LogP contribution in [0.1, 0.15) is 11.1 Å². The molecular formula is C33H18F6IrN2S-2. The summed E-state index contributed by atoms with van der Waals surface area (Å²) in [5.74, 6) is 0. The molecule has 1 radical (unpaired) electrons. The van der Waals surface area contributed by atoms with E-state index in [1.807, 2.05) is 41.8 Å². The number of thiophene rings is 1. The standard InChI is InChI=1S/C24H12F6N.C9H6NS.Ir/c25-23(26,27)22(24(28,29)30)18-7-3-2-6-16(18)17-11-9-15(13-19(17)22)21-12-10-14-5-1-4-8-20(14)31-21;1-2-6-10-8(4-1)9-5-3-7-11-9;/h1-8,10-13H;1-4,6-7H;/q2*-1;. The average molecular weight is 781 g/mol. The fourth-order valence-electron chi connectivity index (χ4n) is 5.23. The first kappa shape index (κ1) is 30.6. The maximum absolute atomic E-state index is 14.3. The van der Waals surface area contributed by atoms with Crippen molar-refractivity contribution in [2.24, 2.45) is 0 Å². The van der Waals surface area contributed by atoms with Gasteiger partial charge in [0.2, 0.25) is 0 Å². The predicted molar refractivity (Wildman–Crippen MR) is 151 cm³/mol. The van der Waals surface area contributed by atoms with E-state index in [2.05, 4.69) is 22.1 Å². The van der Waals surface area contributed by atoms with E-state index in [0.717, 1.165) is 28.1 Å². The van der Waals surface area contributed by atoms with Crippen LogP contribution in [0.3, 0.4) is 0 Å². The van der Waals surface area contributed by atoms with E-state index >= 15 is 0 Å². The summed E-state index contributed by atoms with van der Waals surface area (Å²) >= 11 is 1.66. The van der Waals surface area contributed by atoms with Gasteiger partial charge in [0.1, 0.15) is 0 Å². The van der Waals surface area contributed by atoms with E-state index in [0.29, 0.717) is 5.52 Å². The normalized spacial score (nSPS) is 13.3. The van der Waals surface area contributed by atoms with Crippen LogP contribution in [0.2, 0.25) is 0 Å². The van der Waals surface area contributed by atoms with E-state index in [1.165, 1.54) is 24.3 Å². The molecule has 0 saturated heterocycles. The van der Waals surface area contributed by atoms with Crippen molar-refractivity contribution in [2.45, 2.75) is 17.8 Å². The van der Waals surface area contributed by atoms with Crippen LogP contribution in [0, 0.1) is 12.1 Å². The van der Waals surface area contributed by atoms with E-state index in [-0.39, 0.29) is 42.5 Å². The Morgan fingerprint density at radius 3 is 2.12 bits per heavy atom. The summed E-state index contributed by atoms with van der Waals surface area (Å²) in [5.41, 5.74) is -4.12. The molecule has 3 aromatic carbocycles. The molecule has 7 rings (SSSR count). The van der Waals surface area contributed by atoms with E-state index < -0.39 is 28.9 Å². The van der Waals surface area contributed by atoms with Gasteiger partial charge < -0.3 is 4.98 Å². The zero-order chi connectivity index (χ0) is 29.5. The summed E-state index contributed by atoms with van der Waals surface area (Å²) in [6, 6.07) is 31.0. The van der Waals surface area contributed by atoms with Gasteiger partial charge in [0.25, 0.3) is 0 Å². The summed E-state index contributed by atoms with van der Waals surface area (Å²) in [6.07, 6.45) is -9.40. The number of pyridine rings is 2. The summed E-state index contributed by atoms with van der Waals surface area (Å²) in [4.78, 5) is 9.70. The molecule has 0 atom stereocenters. The van der Waals surface area contributed by atoms with Crippen LogP contribution in [-0.2, 0) is 25.5 Å². The molecule has 43 heavy (non-hydrogen) atoms. The van der Waals surface area contributed by atoms with Crippen LogP contribution in [-0.4, -0.2) is 22.3 Å². The van der Waals surface area contributed by atoms with Gasteiger partial charge in [-0.05, 0) is 34.5 Å². The first-order valence-electron chi connectivity index (χ1n) is 12.6. The van der Waals surface area contributed by atoms with Gasteiger partial charge in [-0.15, -0.1) is 29.1 Å². The molecule has 3 aromatic heterocycles. The zero-order valence-electron chi connectivity index (χ0n) is 21.8. The Bertz CT molecular complexity index is 1860. The summed E-state index contributed by atoms with van der Waals surface area (Å²) < 4.78 is 85.6. The summed E-state index contributed by atoms with van der Waals surface area (Å²) in [5, 5.41) is 2.81. The van der Waals surface area contributed by atoms with Crippen LogP contribution >= 0.6 is 11.3 Å². The van der Waals surface area contributed by atoms with Gasteiger partial charge in [-0.25, -0.2) is 11.3 Å². The van der Waals surface area contributed by atoms with Crippen molar-refractivity contribution in [2.75, 3.05) is 0 Å². The third-order valence-electron chi connectivity index (χ3n) is 7.07. The molecule has 0 fully saturated rings. The van der Waals surface area contributed by atoms with Crippen LogP contribution in [0.4, 0.5) is 26.3 Å². The Morgan fingerprint density at radius 2 is 1.42 bits per heavy atom. The van der Waals surface area contributed by atoms with Gasteiger partial charge >= 0.3 is 12.4 Å². The minimum atomic E-state index is -5.60. The quantitative estimate of drug-likeness (QED) is 0.129. The number of aromatic nitrogens is 2. The molecule has 1 aliphatic rings. The second kappa shape index (κ2) is 11.7. The van der Waals surface area contributed by atoms with Crippen molar-refractivity contribution in [1.29, 1.82) is 0 Å². The van der Waals surface area contributed by atoms with E-state index in [1.54, 1.807) is 41.8 Å². The van der Waals surface area contributed by atoms with Gasteiger partial charge in [-0.2, -0.15) is 38.5 Å². The Balaban J connectivity index is 0.000000258. The van der Waals surface area contributed by atoms with E-state index in [9.17, 15) is 26.3 Å². The molecule has 0 amide bonds. The van der Waals surface area contributed by atoms with Gasteiger partial charge in [-0.1, -0.05) is 88.3 Å². The van der Waals surface area contributed by atoms with Gasteiger partial charge in [0.05, 0.1) is 5.52 Å². The maximum Gasteiger partial charge on any atom is 0.409 e. The summed E-state index contributed by atoms with van der Waals surface area (Å²) in [7, 11) is 0. The first-order valence-corrected chi connectivity index (χ1v) is 13.5. The monoisotopic (exact) mass is 781 g/mol. The minimum Gasteiger partial charge on any atom is -0.319 e. The second-order valence-electron chi connectivity index (χ2n) is 9.46. The van der Waals surface area contributed by atoms with Gasteiger partial charge in [-0.3, -0.25) is 4.98 Å². The molecule has 0 spiro atoms. The number of para-hydroxylation sites is 1. The molecule has 0 aliphatic heterocycles. The Labute approximate surface area is 260 Å². The fourth-order valence-corrected chi connectivity index (χ4v) is 5.88. The Hall–Kier alpha value is -3.85. The molecular weight excluding hydrogens is 763 g/mol. The van der Waals surface area contributed by atoms with Crippen molar-refractivity contribution < 1.29 is 46.4 Å². The van der Waals surface area contributed by atoms with Crippen molar-refractivity contribution >= 4 is 22.2 Å². The van der Waals surface area contributed by atoms with Gasteiger partial charge in [0, 0.05) is 26.3 Å². The van der Waals surface area contributed by atoms with Crippen molar-refractivity contribution in [3.05, 3.63) is 132 Å². The number of alkyl halides is 6. The van der Waals surface area contributed by atoms with E-state index in [4.69, 9.17) is 0 Å². The number of hydrogen-bond donors (Lipinski definition) is 0. The first-order chi connectivity index (χ1) is 20.1. The second-order valence-corrected chi connectivity index (χ2v) is 10.4. The topological polar surface area (TPSA) is 25.8 Å². The predicted octanol–water partition coefficient (Wildman–Crippen LogP) is 9.70. The molecule has 2 nitrogen and oxygen atoms in total. The smallest absolute Gasteiger partial charge is 0.319 e. The molecule has 3 heterocycles. The SMILES string of the molecule is FC(F)(F)C1(C(F)(F)F)c2ccccc2-c2c[c-]c(-c3ccc4ccccc4n3)cc21.[Ir].[c-]1ccsc1-c1ccccn1. The number of hydrogen-bond acceptors (Lipinski definition) is 3. The third-order valence-corrected chi connectivity index (χ3v) is 7.90. The Kier molecular flexibility index (Phi) is 8.31. The van der Waals surface area contributed by atoms with Crippen LogP contribution in [0.15, 0.2) is 109 Å². The summed E-state index contributed by atoms with van der Waals surface area (Å²) in [6.45, 7) is 0. The fraction of sp³-hybridized carbons (Fsp3) is 0.0909. The number of halogens is 6. The maximum atomic E-state index is 14.3. The molecule has 10 heteroatoms. The van der Waals surface area contributed by atoms with Crippen molar-refractivity contribution in [3.8, 4) is 33.0 Å². The Morgan fingerprint density at radius 1 is 0.698 bits per heavy atom. The van der Waals surface area contributed by atoms with Crippen LogP contribution < -0.4 is 0 Å². The number of fused-ring (bicyclic) bond motifs is 4. The van der Waals surface area contributed by atoms with Gasteiger partial charge in [0.15, 0.2) is 5.41 Å². The molecule has 0 N–H and O–H groups in total. The molecule has 0 unspecified atom stereocenters. The number of benzene rings is 3. The molecule has 6 aromatic rings. The van der Waals surface area contributed by atoms with Crippen molar-refractivity contribution in [3.63, 3.8) is 0 Å². The molecule has 1 aliphatic carbocycles. The molecule has 0 saturated carbocycles.